The summed E-state index contributed by atoms with van der Waals surface area (Å²) >= 11 is 0. The van der Waals surface area contributed by atoms with Crippen LogP contribution in [0.4, 0.5) is 0 Å². The lowest BCUT2D eigenvalue weighted by atomic mass is 10.0. The molecule has 1 aromatic heterocycles. The molecule has 0 aliphatic heterocycles. The monoisotopic (exact) mass is 271 g/mol. The fourth-order valence-electron chi connectivity index (χ4n) is 1.97. The number of carbonyl (C=O) groups excluding carboxylic acids is 1. The molecular formula is C16H17NO3. The number of ketones is 1. The molecule has 4 nitrogen and oxygen atoms in total. The second-order valence-electron chi connectivity index (χ2n) is 4.47. The van der Waals surface area contributed by atoms with Crippen molar-refractivity contribution in [2.45, 2.75) is 13.3 Å². The first-order valence-electron chi connectivity index (χ1n) is 6.31. The van der Waals surface area contributed by atoms with Gasteiger partial charge >= 0.3 is 0 Å². The first kappa shape index (κ1) is 14.1. The largest absolute Gasteiger partial charge is 0.493 e. The Hall–Kier alpha value is -2.36. The van der Waals surface area contributed by atoms with Gasteiger partial charge in [0, 0.05) is 11.9 Å². The van der Waals surface area contributed by atoms with Crippen LogP contribution in [0.1, 0.15) is 21.6 Å². The standard InChI is InChI=1S/C16H17NO3/c1-11-7-8-12(17-10-11)9-14(18)13-5-4-6-15(19-2)16(13)20-3/h4-8,10H,9H2,1-3H3. The molecule has 0 radical (unpaired) electrons. The highest BCUT2D eigenvalue weighted by Crippen LogP contribution is 2.31. The minimum atomic E-state index is -0.0443. The average molecular weight is 271 g/mol. The van der Waals surface area contributed by atoms with Crippen LogP contribution < -0.4 is 9.47 Å². The molecule has 20 heavy (non-hydrogen) atoms. The Morgan fingerprint density at radius 2 is 1.95 bits per heavy atom. The molecule has 104 valence electrons. The molecule has 2 rings (SSSR count). The van der Waals surface area contributed by atoms with Crippen molar-refractivity contribution in [1.29, 1.82) is 0 Å². The lowest BCUT2D eigenvalue weighted by Gasteiger charge is -2.11. The van der Waals surface area contributed by atoms with Gasteiger partial charge in [-0.05, 0) is 30.7 Å². The molecular weight excluding hydrogens is 254 g/mol. The third-order valence-corrected chi connectivity index (χ3v) is 3.02. The second kappa shape index (κ2) is 6.19. The lowest BCUT2D eigenvalue weighted by Crippen LogP contribution is -2.07. The minimum Gasteiger partial charge on any atom is -0.493 e. The van der Waals surface area contributed by atoms with Crippen LogP contribution >= 0.6 is 0 Å². The van der Waals surface area contributed by atoms with Crippen LogP contribution in [0.5, 0.6) is 11.5 Å². The molecule has 2 aromatic rings. The number of hydrogen-bond donors (Lipinski definition) is 0. The van der Waals surface area contributed by atoms with Gasteiger partial charge in [0.15, 0.2) is 17.3 Å². The van der Waals surface area contributed by atoms with Crippen molar-refractivity contribution in [3.05, 3.63) is 53.3 Å². The summed E-state index contributed by atoms with van der Waals surface area (Å²) < 4.78 is 10.5. The highest BCUT2D eigenvalue weighted by atomic mass is 16.5. The van der Waals surface area contributed by atoms with Crippen molar-refractivity contribution in [3.8, 4) is 11.5 Å². The van der Waals surface area contributed by atoms with E-state index in [0.717, 1.165) is 11.3 Å². The van der Waals surface area contributed by atoms with Crippen molar-refractivity contribution in [1.82, 2.24) is 4.98 Å². The molecule has 0 aliphatic rings. The number of ether oxygens (including phenoxy) is 2. The van der Waals surface area contributed by atoms with Gasteiger partial charge in [0.1, 0.15) is 0 Å². The molecule has 0 aliphatic carbocycles. The van der Waals surface area contributed by atoms with Crippen molar-refractivity contribution in [2.24, 2.45) is 0 Å². The van der Waals surface area contributed by atoms with E-state index in [1.165, 1.54) is 7.11 Å². The van der Waals surface area contributed by atoms with Gasteiger partial charge in [0.2, 0.25) is 0 Å². The van der Waals surface area contributed by atoms with Crippen molar-refractivity contribution in [3.63, 3.8) is 0 Å². The number of rotatable bonds is 5. The number of aromatic nitrogens is 1. The summed E-state index contributed by atoms with van der Waals surface area (Å²) in [4.78, 5) is 16.6. The zero-order valence-electron chi connectivity index (χ0n) is 11.8. The normalized spacial score (nSPS) is 10.2. The Morgan fingerprint density at radius 1 is 1.15 bits per heavy atom. The molecule has 1 heterocycles. The van der Waals surface area contributed by atoms with Crippen molar-refractivity contribution < 1.29 is 14.3 Å². The van der Waals surface area contributed by atoms with Gasteiger partial charge in [0.25, 0.3) is 0 Å². The highest BCUT2D eigenvalue weighted by molar-refractivity contribution is 6.00. The van der Waals surface area contributed by atoms with Gasteiger partial charge in [-0.2, -0.15) is 0 Å². The Balaban J connectivity index is 2.27. The Morgan fingerprint density at radius 3 is 2.55 bits per heavy atom. The summed E-state index contributed by atoms with van der Waals surface area (Å²) in [5.41, 5.74) is 2.32. The van der Waals surface area contributed by atoms with E-state index in [4.69, 9.17) is 9.47 Å². The third-order valence-electron chi connectivity index (χ3n) is 3.02. The van der Waals surface area contributed by atoms with Gasteiger partial charge in [-0.3, -0.25) is 9.78 Å². The summed E-state index contributed by atoms with van der Waals surface area (Å²) in [6, 6.07) is 9.08. The number of aryl methyl sites for hydroxylation is 1. The van der Waals surface area contributed by atoms with Crippen molar-refractivity contribution in [2.75, 3.05) is 14.2 Å². The number of carbonyl (C=O) groups is 1. The summed E-state index contributed by atoms with van der Waals surface area (Å²) in [6.07, 6.45) is 2.00. The fraction of sp³-hybridized carbons (Fsp3) is 0.250. The third kappa shape index (κ3) is 2.96. The maximum Gasteiger partial charge on any atom is 0.172 e. The highest BCUT2D eigenvalue weighted by Gasteiger charge is 2.16. The maximum absolute atomic E-state index is 12.4. The number of para-hydroxylation sites is 1. The van der Waals surface area contributed by atoms with Gasteiger partial charge in [0.05, 0.1) is 26.2 Å². The van der Waals surface area contributed by atoms with Crippen LogP contribution in [0.15, 0.2) is 36.5 Å². The van der Waals surface area contributed by atoms with Crippen molar-refractivity contribution >= 4 is 5.78 Å². The van der Waals surface area contributed by atoms with Crippen LogP contribution in [0.2, 0.25) is 0 Å². The van der Waals surface area contributed by atoms with E-state index in [0.29, 0.717) is 17.1 Å². The Labute approximate surface area is 118 Å². The number of Topliss-reactive ketones (excluding diaryl/α,β-unsaturated/α-hetero) is 1. The predicted octanol–water partition coefficient (Wildman–Crippen LogP) is 2.83. The lowest BCUT2D eigenvalue weighted by molar-refractivity contribution is 0.0988. The second-order valence-corrected chi connectivity index (χ2v) is 4.47. The minimum absolute atomic E-state index is 0.0443. The van der Waals surface area contributed by atoms with E-state index < -0.39 is 0 Å². The summed E-state index contributed by atoms with van der Waals surface area (Å²) in [7, 11) is 3.08. The van der Waals surface area contributed by atoms with Gasteiger partial charge < -0.3 is 9.47 Å². The van der Waals surface area contributed by atoms with Gasteiger partial charge in [-0.1, -0.05) is 12.1 Å². The molecule has 0 bridgehead atoms. The number of pyridine rings is 1. The number of hydrogen-bond acceptors (Lipinski definition) is 4. The SMILES string of the molecule is COc1cccc(C(=O)Cc2ccc(C)cn2)c1OC. The topological polar surface area (TPSA) is 48.4 Å². The Kier molecular flexibility index (Phi) is 4.35. The smallest absolute Gasteiger partial charge is 0.172 e. The summed E-state index contributed by atoms with van der Waals surface area (Å²) in [5, 5.41) is 0. The maximum atomic E-state index is 12.4. The van der Waals surface area contributed by atoms with Crippen LogP contribution in [0, 0.1) is 6.92 Å². The van der Waals surface area contributed by atoms with Crippen LogP contribution in [-0.2, 0) is 6.42 Å². The van der Waals surface area contributed by atoms with E-state index in [1.807, 2.05) is 19.1 Å². The van der Waals surface area contributed by atoms with Gasteiger partial charge in [-0.15, -0.1) is 0 Å². The Bertz CT molecular complexity index is 606. The molecule has 0 saturated carbocycles. The number of nitrogens with zero attached hydrogens (tertiary/aromatic N) is 1. The van der Waals surface area contributed by atoms with E-state index >= 15 is 0 Å². The molecule has 0 saturated heterocycles. The fourth-order valence-corrected chi connectivity index (χ4v) is 1.97. The van der Waals surface area contributed by atoms with E-state index in [-0.39, 0.29) is 12.2 Å². The van der Waals surface area contributed by atoms with E-state index in [1.54, 1.807) is 31.5 Å². The zero-order chi connectivity index (χ0) is 14.5. The molecule has 0 fully saturated rings. The molecule has 0 amide bonds. The first-order chi connectivity index (χ1) is 9.65. The van der Waals surface area contributed by atoms with E-state index in [9.17, 15) is 4.79 Å². The molecule has 0 atom stereocenters. The average Bonchev–Trinajstić information content (AvgIpc) is 2.48. The van der Waals surface area contributed by atoms with E-state index in [2.05, 4.69) is 4.98 Å². The molecule has 0 spiro atoms. The quantitative estimate of drug-likeness (QED) is 0.785. The van der Waals surface area contributed by atoms with Crippen LogP contribution in [0.3, 0.4) is 0 Å². The number of benzene rings is 1. The molecule has 1 aromatic carbocycles. The summed E-state index contributed by atoms with van der Waals surface area (Å²) in [5.74, 6) is 0.972. The number of methoxy groups -OCH3 is 2. The predicted molar refractivity (Wildman–Crippen MR) is 76.6 cm³/mol. The van der Waals surface area contributed by atoms with Gasteiger partial charge in [-0.25, -0.2) is 0 Å². The van der Waals surface area contributed by atoms with Crippen LogP contribution in [0.25, 0.3) is 0 Å². The first-order valence-corrected chi connectivity index (χ1v) is 6.31. The molecule has 0 N–H and O–H groups in total. The molecule has 0 unspecified atom stereocenters. The summed E-state index contributed by atoms with van der Waals surface area (Å²) in [6.45, 7) is 1.96. The molecule has 4 heteroatoms. The zero-order valence-corrected chi connectivity index (χ0v) is 11.8. The van der Waals surface area contributed by atoms with Crippen LogP contribution in [-0.4, -0.2) is 25.0 Å².